The summed E-state index contributed by atoms with van der Waals surface area (Å²) in [7, 11) is 0. The highest BCUT2D eigenvalue weighted by Crippen LogP contribution is 2.62. The third-order valence-electron chi connectivity index (χ3n) is 10.2. The molecule has 0 saturated carbocycles. The number of furan rings is 1. The van der Waals surface area contributed by atoms with Gasteiger partial charge >= 0.3 is 0 Å². The van der Waals surface area contributed by atoms with E-state index >= 15 is 0 Å². The predicted molar refractivity (Wildman–Crippen MR) is 174 cm³/mol. The van der Waals surface area contributed by atoms with E-state index in [1.165, 1.54) is 0 Å². The normalized spacial score (nSPS) is 17.7. The molecule has 0 spiro atoms. The minimum absolute atomic E-state index is 0.0967. The van der Waals surface area contributed by atoms with Gasteiger partial charge in [0.1, 0.15) is 5.58 Å². The molecule has 1 aliphatic rings. The van der Waals surface area contributed by atoms with Crippen molar-refractivity contribution in [2.45, 2.75) is 52.4 Å². The zero-order valence-corrected chi connectivity index (χ0v) is 24.6. The van der Waals surface area contributed by atoms with Gasteiger partial charge in [0.15, 0.2) is 5.58 Å². The van der Waals surface area contributed by atoms with Crippen molar-refractivity contribution in [3.8, 4) is 11.1 Å². The van der Waals surface area contributed by atoms with Gasteiger partial charge in [0.2, 0.25) is 0 Å². The van der Waals surface area contributed by atoms with Crippen LogP contribution >= 0.6 is 0 Å². The lowest BCUT2D eigenvalue weighted by Gasteiger charge is -2.44. The maximum Gasteiger partial charge on any atom is 0.159 e. The van der Waals surface area contributed by atoms with Crippen molar-refractivity contribution >= 4 is 39.0 Å². The van der Waals surface area contributed by atoms with Gasteiger partial charge in [-0.2, -0.15) is 0 Å². The molecular formula is C39H37NO. The molecule has 6 aromatic rings. The highest BCUT2D eigenvalue weighted by atomic mass is 16.3. The molecule has 0 atom stereocenters. The molecule has 7 rings (SSSR count). The Balaban J connectivity index is 1.61. The minimum Gasteiger partial charge on any atom is -0.454 e. The number of hydrogen-bond donors (Lipinski definition) is 0. The van der Waals surface area contributed by atoms with Crippen molar-refractivity contribution in [1.29, 1.82) is 0 Å². The average molecular weight is 539 g/mol. The van der Waals surface area contributed by atoms with Gasteiger partial charge in [-0.3, -0.25) is 0 Å². The third kappa shape index (κ3) is 3.63. The van der Waals surface area contributed by atoms with Crippen LogP contribution in [0, 0.1) is 5.41 Å². The van der Waals surface area contributed by atoms with Crippen LogP contribution in [0.2, 0.25) is 0 Å². The van der Waals surface area contributed by atoms with Crippen LogP contribution in [-0.2, 0) is 10.8 Å². The Morgan fingerprint density at radius 1 is 0.610 bits per heavy atom. The van der Waals surface area contributed by atoms with E-state index in [2.05, 4.69) is 76.8 Å². The maximum absolute atomic E-state index is 9.71. The Hall–Kier alpha value is -4.30. The molecular weight excluding hydrogens is 498 g/mol. The van der Waals surface area contributed by atoms with Gasteiger partial charge in [0.25, 0.3) is 0 Å². The van der Waals surface area contributed by atoms with Gasteiger partial charge in [-0.25, -0.2) is 0 Å². The number of fused-ring (bicyclic) bond motifs is 4. The van der Waals surface area contributed by atoms with Crippen LogP contribution in [0.5, 0.6) is 0 Å². The van der Waals surface area contributed by atoms with Crippen molar-refractivity contribution in [3.63, 3.8) is 0 Å². The van der Waals surface area contributed by atoms with Crippen LogP contribution in [0.25, 0.3) is 33.1 Å². The van der Waals surface area contributed by atoms with E-state index in [1.807, 2.05) is 66.7 Å². The largest absolute Gasteiger partial charge is 0.454 e. The maximum atomic E-state index is 9.71. The van der Waals surface area contributed by atoms with Crippen LogP contribution < -0.4 is 4.90 Å². The standard InChI is InChI=1S/C39H37NO/c1-37(2)32-22-21-26(24-33(32)38(3,4)39(37,5)6)27-23-31-30-19-13-14-20-35(30)41-36(31)34(25-27)40(28-15-9-7-10-16-28)29-17-11-8-12-18-29/h7-25H,1-6H3/i21D,22D,24D. The summed E-state index contributed by atoms with van der Waals surface area (Å²) in [5.41, 5.74) is 6.21. The summed E-state index contributed by atoms with van der Waals surface area (Å²) >= 11 is 0. The molecule has 0 amide bonds. The minimum atomic E-state index is -0.378. The van der Waals surface area contributed by atoms with E-state index in [4.69, 9.17) is 4.42 Å². The second kappa shape index (κ2) is 8.85. The first kappa shape index (κ1) is 22.4. The highest BCUT2D eigenvalue weighted by molar-refractivity contribution is 6.12. The van der Waals surface area contributed by atoms with Crippen LogP contribution in [0.4, 0.5) is 17.1 Å². The van der Waals surface area contributed by atoms with Crippen LogP contribution in [-0.4, -0.2) is 0 Å². The summed E-state index contributed by atoms with van der Waals surface area (Å²) in [4.78, 5) is 2.17. The van der Waals surface area contributed by atoms with Crippen LogP contribution in [0.15, 0.2) is 120 Å². The average Bonchev–Trinajstić information content (AvgIpc) is 3.43. The molecule has 2 heteroatoms. The third-order valence-corrected chi connectivity index (χ3v) is 10.2. The van der Waals surface area contributed by atoms with Gasteiger partial charge in [-0.1, -0.05) is 114 Å². The van der Waals surface area contributed by atoms with Crippen molar-refractivity contribution in [3.05, 3.63) is 126 Å². The summed E-state index contributed by atoms with van der Waals surface area (Å²) in [6.45, 7) is 13.2. The summed E-state index contributed by atoms with van der Waals surface area (Å²) in [6, 6.07) is 33.1. The van der Waals surface area contributed by atoms with Gasteiger partial charge in [0, 0.05) is 22.1 Å². The number of hydrogen-bond acceptors (Lipinski definition) is 2. The Kier molecular flexibility index (Phi) is 4.83. The monoisotopic (exact) mass is 538 g/mol. The summed E-state index contributed by atoms with van der Waals surface area (Å²) in [5.74, 6) is 0. The molecule has 0 fully saturated rings. The Bertz CT molecular complexity index is 2030. The smallest absolute Gasteiger partial charge is 0.159 e. The van der Waals surface area contributed by atoms with Gasteiger partial charge < -0.3 is 9.32 Å². The molecule has 0 N–H and O–H groups in total. The van der Waals surface area contributed by atoms with E-state index in [9.17, 15) is 4.11 Å². The highest BCUT2D eigenvalue weighted by Gasteiger charge is 2.56. The van der Waals surface area contributed by atoms with Gasteiger partial charge in [-0.05, 0) is 81.0 Å². The molecule has 1 aromatic heterocycles. The van der Waals surface area contributed by atoms with E-state index in [0.717, 1.165) is 55.7 Å². The lowest BCUT2D eigenvalue weighted by Crippen LogP contribution is -2.42. The van der Waals surface area contributed by atoms with Crippen molar-refractivity contribution < 1.29 is 8.53 Å². The SMILES string of the molecule is [2H]c1c([2H])c2c(c([2H])c1-c1cc(N(c3ccccc3)c3ccccc3)c3oc4ccccc4c3c1)C(C)(C)C(C)(C)C2(C)C. The molecule has 0 aliphatic heterocycles. The first-order valence-electron chi connectivity index (χ1n) is 15.9. The molecule has 5 aromatic carbocycles. The predicted octanol–water partition coefficient (Wildman–Crippen LogP) is 11.3. The van der Waals surface area contributed by atoms with Crippen molar-refractivity contribution in [1.82, 2.24) is 0 Å². The first-order valence-corrected chi connectivity index (χ1v) is 14.4. The van der Waals surface area contributed by atoms with E-state index in [0.29, 0.717) is 11.6 Å². The first-order chi connectivity index (χ1) is 20.9. The molecule has 204 valence electrons. The lowest BCUT2D eigenvalue weighted by molar-refractivity contribution is 0.125. The molecule has 1 aliphatic carbocycles. The molecule has 0 saturated heterocycles. The summed E-state index contributed by atoms with van der Waals surface area (Å²) in [6.07, 6.45) is 0. The lowest BCUT2D eigenvalue weighted by atomic mass is 9.59. The van der Waals surface area contributed by atoms with E-state index < -0.39 is 0 Å². The fourth-order valence-corrected chi connectivity index (χ4v) is 6.60. The molecule has 1 heterocycles. The fourth-order valence-electron chi connectivity index (χ4n) is 6.60. The quantitative estimate of drug-likeness (QED) is 0.222. The second-order valence-electron chi connectivity index (χ2n) is 12.9. The van der Waals surface area contributed by atoms with E-state index in [-0.39, 0.29) is 28.3 Å². The second-order valence-corrected chi connectivity index (χ2v) is 12.9. The number of rotatable bonds is 4. The van der Waals surface area contributed by atoms with Gasteiger partial charge in [-0.15, -0.1) is 0 Å². The topological polar surface area (TPSA) is 16.4 Å². The molecule has 0 unspecified atom stereocenters. The fraction of sp³-hybridized carbons (Fsp3) is 0.231. The number of anilines is 3. The zero-order valence-electron chi connectivity index (χ0n) is 27.6. The molecule has 0 radical (unpaired) electrons. The molecule has 41 heavy (non-hydrogen) atoms. The Labute approximate surface area is 247 Å². The summed E-state index contributed by atoms with van der Waals surface area (Å²) in [5, 5.41) is 1.88. The number of para-hydroxylation sites is 3. The van der Waals surface area contributed by atoms with Gasteiger partial charge in [0.05, 0.1) is 9.80 Å². The number of nitrogens with zero attached hydrogens (tertiary/aromatic N) is 1. The number of benzene rings is 5. The Morgan fingerprint density at radius 3 is 1.85 bits per heavy atom. The van der Waals surface area contributed by atoms with Crippen LogP contribution in [0.3, 0.4) is 0 Å². The van der Waals surface area contributed by atoms with Crippen molar-refractivity contribution in [2.75, 3.05) is 4.90 Å². The van der Waals surface area contributed by atoms with Crippen molar-refractivity contribution in [2.24, 2.45) is 5.41 Å². The molecule has 0 bridgehead atoms. The van der Waals surface area contributed by atoms with Crippen LogP contribution in [0.1, 0.15) is 56.8 Å². The van der Waals surface area contributed by atoms with E-state index in [1.54, 1.807) is 0 Å². The summed E-state index contributed by atoms with van der Waals surface area (Å²) < 4.78 is 35.0. The zero-order chi connectivity index (χ0) is 31.2. The molecule has 2 nitrogen and oxygen atoms in total. The Morgan fingerprint density at radius 2 is 1.20 bits per heavy atom.